The van der Waals surface area contributed by atoms with Crippen molar-refractivity contribution in [3.05, 3.63) is 0 Å². The summed E-state index contributed by atoms with van der Waals surface area (Å²) >= 11 is 0. The summed E-state index contributed by atoms with van der Waals surface area (Å²) in [7, 11) is 1.73. The quantitative estimate of drug-likeness (QED) is 0.432. The van der Waals surface area contributed by atoms with Gasteiger partial charge in [0.15, 0.2) is 0 Å². The number of hydrogen-bond acceptors (Lipinski definition) is 5. The van der Waals surface area contributed by atoms with Crippen LogP contribution in [0.2, 0.25) is 0 Å². The van der Waals surface area contributed by atoms with Gasteiger partial charge in [-0.2, -0.15) is 0 Å². The Bertz CT molecular complexity index is 184. The number of amides is 1. The highest BCUT2D eigenvalue weighted by atomic mass is 16.3. The summed E-state index contributed by atoms with van der Waals surface area (Å²) in [6.45, 7) is 2.20. The molecule has 0 saturated carbocycles. The zero-order valence-electron chi connectivity index (χ0n) is 9.93. The second kappa shape index (κ2) is 9.53. The first-order valence-electron chi connectivity index (χ1n) is 5.53. The number of nitrogens with two attached hydrogens (primary N) is 1. The van der Waals surface area contributed by atoms with E-state index in [0.717, 1.165) is 6.42 Å². The van der Waals surface area contributed by atoms with Crippen molar-refractivity contribution >= 4 is 5.91 Å². The molecule has 6 nitrogen and oxygen atoms in total. The highest BCUT2D eigenvalue weighted by Gasteiger charge is 2.13. The lowest BCUT2D eigenvalue weighted by Gasteiger charge is -2.23. The largest absolute Gasteiger partial charge is 0.395 e. The average Bonchev–Trinajstić information content (AvgIpc) is 2.26. The van der Waals surface area contributed by atoms with Gasteiger partial charge in [0.1, 0.15) is 0 Å². The van der Waals surface area contributed by atoms with Crippen LogP contribution in [-0.2, 0) is 4.79 Å². The smallest absolute Gasteiger partial charge is 0.236 e. The van der Waals surface area contributed by atoms with Crippen LogP contribution in [0.4, 0.5) is 0 Å². The molecule has 0 rings (SSSR count). The third kappa shape index (κ3) is 6.73. The number of hydrogen-bond donors (Lipinski definition) is 3. The molecular weight excluding hydrogens is 210 g/mol. The highest BCUT2D eigenvalue weighted by Crippen LogP contribution is 1.93. The summed E-state index contributed by atoms with van der Waals surface area (Å²) in [6.07, 6.45) is 0.780. The van der Waals surface area contributed by atoms with Gasteiger partial charge >= 0.3 is 0 Å². The van der Waals surface area contributed by atoms with Crippen LogP contribution < -0.4 is 5.73 Å². The third-order valence-electron chi connectivity index (χ3n) is 2.31. The van der Waals surface area contributed by atoms with Crippen molar-refractivity contribution in [2.45, 2.75) is 6.42 Å². The van der Waals surface area contributed by atoms with Crippen molar-refractivity contribution in [3.63, 3.8) is 0 Å². The molecule has 1 amide bonds. The topological polar surface area (TPSA) is 90.0 Å². The minimum Gasteiger partial charge on any atom is -0.395 e. The second-order valence-corrected chi connectivity index (χ2v) is 3.68. The minimum absolute atomic E-state index is 0.0141. The molecule has 16 heavy (non-hydrogen) atoms. The summed E-state index contributed by atoms with van der Waals surface area (Å²) in [4.78, 5) is 15.0. The van der Waals surface area contributed by atoms with Gasteiger partial charge in [0.2, 0.25) is 5.91 Å². The zero-order valence-corrected chi connectivity index (χ0v) is 9.93. The Morgan fingerprint density at radius 2 is 1.75 bits per heavy atom. The molecule has 0 saturated heterocycles. The maximum absolute atomic E-state index is 11.7. The van der Waals surface area contributed by atoms with Gasteiger partial charge in [-0.3, -0.25) is 9.69 Å². The number of aliphatic hydroxyl groups excluding tert-OH is 2. The van der Waals surface area contributed by atoms with Crippen molar-refractivity contribution in [3.8, 4) is 0 Å². The molecule has 0 aromatic rings. The lowest BCUT2D eigenvalue weighted by atomic mass is 10.3. The van der Waals surface area contributed by atoms with Crippen LogP contribution in [0.25, 0.3) is 0 Å². The molecule has 6 heteroatoms. The van der Waals surface area contributed by atoms with Crippen LogP contribution in [0.5, 0.6) is 0 Å². The molecular formula is C10H23N3O3. The Labute approximate surface area is 96.6 Å². The molecule has 0 aromatic heterocycles. The van der Waals surface area contributed by atoms with Crippen molar-refractivity contribution in [1.82, 2.24) is 9.80 Å². The van der Waals surface area contributed by atoms with E-state index in [1.807, 2.05) is 0 Å². The van der Waals surface area contributed by atoms with Crippen LogP contribution in [0.15, 0.2) is 0 Å². The van der Waals surface area contributed by atoms with E-state index in [2.05, 4.69) is 0 Å². The minimum atomic E-state index is -0.0182. The maximum atomic E-state index is 11.7. The summed E-state index contributed by atoms with van der Waals surface area (Å²) in [5, 5.41) is 17.6. The molecule has 0 fully saturated rings. The van der Waals surface area contributed by atoms with Gasteiger partial charge in [0.05, 0.1) is 19.8 Å². The van der Waals surface area contributed by atoms with Crippen molar-refractivity contribution in [1.29, 1.82) is 0 Å². The lowest BCUT2D eigenvalue weighted by Crippen LogP contribution is -2.41. The molecule has 0 aliphatic heterocycles. The fourth-order valence-electron chi connectivity index (χ4n) is 1.32. The standard InChI is InChI=1S/C10H23N3O3/c1-12(4-2-3-11)10(16)9-13(5-7-14)6-8-15/h14-15H,2-9,11H2,1H3. The van der Waals surface area contributed by atoms with Crippen LogP contribution in [0.1, 0.15) is 6.42 Å². The number of carbonyl (C=O) groups is 1. The molecule has 0 aromatic carbocycles. The van der Waals surface area contributed by atoms with Crippen LogP contribution >= 0.6 is 0 Å². The second-order valence-electron chi connectivity index (χ2n) is 3.68. The van der Waals surface area contributed by atoms with Crippen molar-refractivity contribution in [2.75, 3.05) is 53.0 Å². The number of aliphatic hydroxyl groups is 2. The van der Waals surface area contributed by atoms with Gasteiger partial charge in [-0.15, -0.1) is 0 Å². The van der Waals surface area contributed by atoms with E-state index < -0.39 is 0 Å². The first-order chi connectivity index (χ1) is 7.65. The van der Waals surface area contributed by atoms with Gasteiger partial charge < -0.3 is 20.8 Å². The van der Waals surface area contributed by atoms with Crippen molar-refractivity contribution < 1.29 is 15.0 Å². The normalized spacial score (nSPS) is 10.8. The zero-order chi connectivity index (χ0) is 12.4. The number of nitrogens with zero attached hydrogens (tertiary/aromatic N) is 2. The Morgan fingerprint density at radius 1 is 1.19 bits per heavy atom. The summed E-state index contributed by atoms with van der Waals surface area (Å²) in [5.74, 6) is -0.0182. The number of likely N-dealkylation sites (N-methyl/N-ethyl adjacent to an activating group) is 1. The van der Waals surface area contributed by atoms with Crippen molar-refractivity contribution in [2.24, 2.45) is 5.73 Å². The molecule has 0 unspecified atom stereocenters. The first kappa shape index (κ1) is 15.3. The Kier molecular flexibility index (Phi) is 9.12. The van der Waals surface area contributed by atoms with Gasteiger partial charge in [-0.1, -0.05) is 0 Å². The van der Waals surface area contributed by atoms with Gasteiger partial charge in [-0.25, -0.2) is 0 Å². The van der Waals surface area contributed by atoms with E-state index in [0.29, 0.717) is 26.2 Å². The number of rotatable bonds is 9. The Balaban J connectivity index is 3.96. The number of carbonyl (C=O) groups excluding carboxylic acids is 1. The van der Waals surface area contributed by atoms with Gasteiger partial charge in [0, 0.05) is 26.7 Å². The van der Waals surface area contributed by atoms with Crippen LogP contribution in [0.3, 0.4) is 0 Å². The first-order valence-corrected chi connectivity index (χ1v) is 5.53. The molecule has 96 valence electrons. The molecule has 0 atom stereocenters. The van der Waals surface area contributed by atoms with E-state index in [1.54, 1.807) is 16.8 Å². The predicted octanol–water partition coefficient (Wildman–Crippen LogP) is -1.92. The molecule has 4 N–H and O–H groups in total. The monoisotopic (exact) mass is 233 g/mol. The summed E-state index contributed by atoms with van der Waals surface area (Å²) < 4.78 is 0. The van der Waals surface area contributed by atoms with Gasteiger partial charge in [0.25, 0.3) is 0 Å². The predicted molar refractivity (Wildman–Crippen MR) is 61.9 cm³/mol. The fourth-order valence-corrected chi connectivity index (χ4v) is 1.32. The van der Waals surface area contributed by atoms with Crippen LogP contribution in [0, 0.1) is 0 Å². The summed E-state index contributed by atoms with van der Waals surface area (Å²) in [6, 6.07) is 0. The molecule has 0 spiro atoms. The van der Waals surface area contributed by atoms with E-state index >= 15 is 0 Å². The van der Waals surface area contributed by atoms with E-state index in [9.17, 15) is 4.79 Å². The average molecular weight is 233 g/mol. The molecule has 0 bridgehead atoms. The molecule has 0 aliphatic carbocycles. The Hall–Kier alpha value is -0.690. The highest BCUT2D eigenvalue weighted by molar-refractivity contribution is 5.77. The lowest BCUT2D eigenvalue weighted by molar-refractivity contribution is -0.131. The van der Waals surface area contributed by atoms with Crippen LogP contribution in [-0.4, -0.2) is 78.9 Å². The SMILES string of the molecule is CN(CCCN)C(=O)CN(CCO)CCO. The molecule has 0 radical (unpaired) electrons. The van der Waals surface area contributed by atoms with E-state index in [-0.39, 0.29) is 25.7 Å². The molecule has 0 aliphatic rings. The Morgan fingerprint density at radius 3 is 2.19 bits per heavy atom. The third-order valence-corrected chi connectivity index (χ3v) is 2.31. The maximum Gasteiger partial charge on any atom is 0.236 e. The molecule has 0 heterocycles. The fraction of sp³-hybridized carbons (Fsp3) is 0.900. The van der Waals surface area contributed by atoms with Gasteiger partial charge in [-0.05, 0) is 13.0 Å². The van der Waals surface area contributed by atoms with E-state index in [1.165, 1.54) is 0 Å². The van der Waals surface area contributed by atoms with E-state index in [4.69, 9.17) is 15.9 Å². The summed E-state index contributed by atoms with van der Waals surface area (Å²) in [5.41, 5.74) is 5.36.